The summed E-state index contributed by atoms with van der Waals surface area (Å²) in [5.74, 6) is 0. The summed E-state index contributed by atoms with van der Waals surface area (Å²) < 4.78 is 0. The second kappa shape index (κ2) is 6.31. The molecule has 4 heteroatoms. The topological polar surface area (TPSA) is 56.0 Å². The Balaban J connectivity index is 1.83. The van der Waals surface area contributed by atoms with E-state index >= 15 is 0 Å². The molecule has 0 aliphatic heterocycles. The summed E-state index contributed by atoms with van der Waals surface area (Å²) in [6, 6.07) is 13.1. The van der Waals surface area contributed by atoms with E-state index in [9.17, 15) is 5.11 Å². The molecule has 0 bridgehead atoms. The number of thiophene rings is 1. The molecule has 92 valence electrons. The van der Waals surface area contributed by atoms with Gasteiger partial charge < -0.3 is 10.4 Å². The van der Waals surface area contributed by atoms with Crippen LogP contribution in [0.3, 0.4) is 0 Å². The van der Waals surface area contributed by atoms with Crippen LogP contribution < -0.4 is 5.32 Å². The first-order valence-corrected chi connectivity index (χ1v) is 6.59. The normalized spacial score (nSPS) is 12.0. The molecule has 1 unspecified atom stereocenters. The molecule has 0 amide bonds. The number of nitrogens with zero attached hydrogens (tertiary/aromatic N) is 1. The van der Waals surface area contributed by atoms with Crippen LogP contribution in [0.25, 0.3) is 0 Å². The average Bonchev–Trinajstić information content (AvgIpc) is 2.92. The molecule has 0 aliphatic rings. The van der Waals surface area contributed by atoms with Gasteiger partial charge in [0.25, 0.3) is 0 Å². The SMILES string of the molecule is N#Cc1ccc(C(O)CNCc2cccs2)cc1. The predicted molar refractivity (Wildman–Crippen MR) is 72.1 cm³/mol. The van der Waals surface area contributed by atoms with E-state index in [0.29, 0.717) is 12.1 Å². The smallest absolute Gasteiger partial charge is 0.0991 e. The zero-order valence-electron chi connectivity index (χ0n) is 9.84. The van der Waals surface area contributed by atoms with Crippen molar-refractivity contribution in [2.24, 2.45) is 0 Å². The van der Waals surface area contributed by atoms with Crippen LogP contribution in [0.4, 0.5) is 0 Å². The minimum absolute atomic E-state index is 0.504. The molecule has 2 rings (SSSR count). The molecule has 0 saturated heterocycles. The summed E-state index contributed by atoms with van der Waals surface area (Å²) in [6.45, 7) is 1.27. The highest BCUT2D eigenvalue weighted by molar-refractivity contribution is 7.09. The molecule has 1 aromatic heterocycles. The molecule has 2 N–H and O–H groups in total. The van der Waals surface area contributed by atoms with Crippen molar-refractivity contribution in [2.75, 3.05) is 6.54 Å². The van der Waals surface area contributed by atoms with Gasteiger partial charge in [0, 0.05) is 18.0 Å². The average molecular weight is 258 g/mol. The Hall–Kier alpha value is -1.67. The largest absolute Gasteiger partial charge is 0.387 e. The first-order valence-electron chi connectivity index (χ1n) is 5.71. The maximum absolute atomic E-state index is 9.97. The zero-order chi connectivity index (χ0) is 12.8. The lowest BCUT2D eigenvalue weighted by atomic mass is 10.1. The third-order valence-corrected chi connectivity index (χ3v) is 3.52. The number of aliphatic hydroxyl groups excluding tert-OH is 1. The van der Waals surface area contributed by atoms with E-state index in [1.54, 1.807) is 35.6 Å². The standard InChI is InChI=1S/C14H14N2OS/c15-8-11-3-5-12(6-4-11)14(17)10-16-9-13-2-1-7-18-13/h1-7,14,16-17H,9-10H2. The van der Waals surface area contributed by atoms with Crippen LogP contribution in [0, 0.1) is 11.3 Å². The Morgan fingerprint density at radius 2 is 2.06 bits per heavy atom. The van der Waals surface area contributed by atoms with E-state index in [-0.39, 0.29) is 0 Å². The van der Waals surface area contributed by atoms with Gasteiger partial charge in [0.2, 0.25) is 0 Å². The first-order chi connectivity index (χ1) is 8.79. The lowest BCUT2D eigenvalue weighted by Gasteiger charge is -2.11. The second-order valence-electron chi connectivity index (χ2n) is 3.96. The van der Waals surface area contributed by atoms with Crippen LogP contribution in [-0.2, 0) is 6.54 Å². The monoisotopic (exact) mass is 258 g/mol. The number of nitriles is 1. The molecule has 0 radical (unpaired) electrons. The van der Waals surface area contributed by atoms with Crippen LogP contribution in [0.5, 0.6) is 0 Å². The van der Waals surface area contributed by atoms with Crippen molar-refractivity contribution < 1.29 is 5.11 Å². The van der Waals surface area contributed by atoms with Crippen LogP contribution in [0.15, 0.2) is 41.8 Å². The third kappa shape index (κ3) is 3.41. The number of rotatable bonds is 5. The van der Waals surface area contributed by atoms with Crippen LogP contribution in [0.1, 0.15) is 22.1 Å². The zero-order valence-corrected chi connectivity index (χ0v) is 10.7. The summed E-state index contributed by atoms with van der Waals surface area (Å²) in [5.41, 5.74) is 1.44. The Kier molecular flexibility index (Phi) is 4.48. The highest BCUT2D eigenvalue weighted by Gasteiger charge is 2.06. The van der Waals surface area contributed by atoms with Crippen LogP contribution in [0.2, 0.25) is 0 Å². The Labute approximate surface area is 110 Å². The van der Waals surface area contributed by atoms with Gasteiger partial charge in [-0.1, -0.05) is 18.2 Å². The highest BCUT2D eigenvalue weighted by atomic mass is 32.1. The minimum atomic E-state index is -0.544. The number of hydrogen-bond donors (Lipinski definition) is 2. The van der Waals surface area contributed by atoms with Gasteiger partial charge in [0.15, 0.2) is 0 Å². The molecule has 0 aliphatic carbocycles. The van der Waals surface area contributed by atoms with Gasteiger partial charge in [-0.15, -0.1) is 11.3 Å². The van der Waals surface area contributed by atoms with Gasteiger partial charge in [-0.2, -0.15) is 5.26 Å². The highest BCUT2D eigenvalue weighted by Crippen LogP contribution is 2.13. The number of aliphatic hydroxyl groups is 1. The van der Waals surface area contributed by atoms with Crippen molar-refractivity contribution in [3.63, 3.8) is 0 Å². The van der Waals surface area contributed by atoms with Gasteiger partial charge in [0.1, 0.15) is 0 Å². The Morgan fingerprint density at radius 1 is 1.28 bits per heavy atom. The summed E-state index contributed by atoms with van der Waals surface area (Å²) in [7, 11) is 0. The van der Waals surface area contributed by atoms with Crippen molar-refractivity contribution in [3.05, 3.63) is 57.8 Å². The summed E-state index contributed by atoms with van der Waals surface area (Å²) in [4.78, 5) is 1.25. The van der Waals surface area contributed by atoms with Crippen molar-refractivity contribution in [2.45, 2.75) is 12.6 Å². The van der Waals surface area contributed by atoms with E-state index in [0.717, 1.165) is 12.1 Å². The van der Waals surface area contributed by atoms with E-state index in [2.05, 4.69) is 17.5 Å². The first kappa shape index (κ1) is 12.8. The van der Waals surface area contributed by atoms with Gasteiger partial charge >= 0.3 is 0 Å². The maximum atomic E-state index is 9.97. The molecular formula is C14H14N2OS. The van der Waals surface area contributed by atoms with Crippen LogP contribution in [-0.4, -0.2) is 11.7 Å². The van der Waals surface area contributed by atoms with Gasteiger partial charge in [0.05, 0.1) is 17.7 Å². The number of nitrogens with one attached hydrogen (secondary N) is 1. The molecule has 0 fully saturated rings. The third-order valence-electron chi connectivity index (χ3n) is 2.64. The van der Waals surface area contributed by atoms with E-state index in [4.69, 9.17) is 5.26 Å². The fourth-order valence-corrected chi connectivity index (χ4v) is 2.32. The molecule has 0 spiro atoms. The molecule has 1 aromatic carbocycles. The van der Waals surface area contributed by atoms with Gasteiger partial charge in [-0.3, -0.25) is 0 Å². The second-order valence-corrected chi connectivity index (χ2v) is 4.99. The molecular weight excluding hydrogens is 244 g/mol. The fraction of sp³-hybridized carbons (Fsp3) is 0.214. The quantitative estimate of drug-likeness (QED) is 0.866. The molecule has 2 aromatic rings. The van der Waals surface area contributed by atoms with E-state index < -0.39 is 6.10 Å². The fourth-order valence-electron chi connectivity index (χ4n) is 1.64. The van der Waals surface area contributed by atoms with Gasteiger partial charge in [-0.25, -0.2) is 0 Å². The number of benzene rings is 1. The summed E-state index contributed by atoms with van der Waals surface area (Å²) in [5, 5.41) is 23.9. The van der Waals surface area contributed by atoms with Gasteiger partial charge in [-0.05, 0) is 29.1 Å². The van der Waals surface area contributed by atoms with Crippen molar-refractivity contribution in [1.29, 1.82) is 5.26 Å². The van der Waals surface area contributed by atoms with E-state index in [1.807, 2.05) is 11.4 Å². The Morgan fingerprint density at radius 3 is 2.67 bits per heavy atom. The molecule has 0 saturated carbocycles. The predicted octanol–water partition coefficient (Wildman–Crippen LogP) is 2.44. The lowest BCUT2D eigenvalue weighted by Crippen LogP contribution is -2.20. The summed E-state index contributed by atoms with van der Waals surface area (Å²) in [6.07, 6.45) is -0.544. The van der Waals surface area contributed by atoms with Crippen LogP contribution >= 0.6 is 11.3 Å². The lowest BCUT2D eigenvalue weighted by molar-refractivity contribution is 0.174. The molecule has 18 heavy (non-hydrogen) atoms. The molecule has 1 atom stereocenters. The summed E-state index contributed by atoms with van der Waals surface area (Å²) >= 11 is 1.70. The molecule has 3 nitrogen and oxygen atoms in total. The van der Waals surface area contributed by atoms with Crippen molar-refractivity contribution >= 4 is 11.3 Å². The number of hydrogen-bond acceptors (Lipinski definition) is 4. The minimum Gasteiger partial charge on any atom is -0.387 e. The van der Waals surface area contributed by atoms with Crippen molar-refractivity contribution in [3.8, 4) is 6.07 Å². The van der Waals surface area contributed by atoms with Crippen molar-refractivity contribution in [1.82, 2.24) is 5.32 Å². The molecule has 1 heterocycles. The Bertz CT molecular complexity index is 514. The maximum Gasteiger partial charge on any atom is 0.0991 e. The van der Waals surface area contributed by atoms with E-state index in [1.165, 1.54) is 4.88 Å².